The number of rotatable bonds is 2. The highest BCUT2D eigenvalue weighted by atomic mass is 16.5. The molecule has 19 heavy (non-hydrogen) atoms. The van der Waals surface area contributed by atoms with Crippen molar-refractivity contribution in [3.05, 3.63) is 18.7 Å². The second-order valence-corrected chi connectivity index (χ2v) is 7.34. The van der Waals surface area contributed by atoms with E-state index in [1.54, 1.807) is 0 Å². The molecule has 106 valence electrons. The van der Waals surface area contributed by atoms with E-state index in [-0.39, 0.29) is 17.0 Å². The van der Waals surface area contributed by atoms with Crippen molar-refractivity contribution in [2.24, 2.45) is 10.4 Å². The summed E-state index contributed by atoms with van der Waals surface area (Å²) in [6.07, 6.45) is 6.37. The molecule has 1 atom stereocenters. The van der Waals surface area contributed by atoms with Crippen molar-refractivity contribution in [1.29, 1.82) is 0 Å². The summed E-state index contributed by atoms with van der Waals surface area (Å²) >= 11 is 0. The fourth-order valence-electron chi connectivity index (χ4n) is 2.06. The Morgan fingerprint density at radius 2 is 2.00 bits per heavy atom. The van der Waals surface area contributed by atoms with Gasteiger partial charge in [-0.15, -0.1) is 0 Å². The zero-order valence-corrected chi connectivity index (χ0v) is 13.0. The molecule has 0 N–H and O–H groups in total. The van der Waals surface area contributed by atoms with Crippen LogP contribution in [0.1, 0.15) is 41.5 Å². The largest absolute Gasteiger partial charge is 0.478 e. The van der Waals surface area contributed by atoms with Crippen LogP contribution in [-0.2, 0) is 16.8 Å². The van der Waals surface area contributed by atoms with Gasteiger partial charge < -0.3 is 4.74 Å². The van der Waals surface area contributed by atoms with E-state index >= 15 is 0 Å². The topological polar surface area (TPSA) is 30.4 Å². The first-order valence-corrected chi connectivity index (χ1v) is 6.95. The second kappa shape index (κ2) is 4.66. The summed E-state index contributed by atoms with van der Waals surface area (Å²) < 4.78 is 10.1. The van der Waals surface area contributed by atoms with Gasteiger partial charge in [0, 0.05) is 5.41 Å². The van der Waals surface area contributed by atoms with Crippen LogP contribution in [0.4, 0.5) is 0 Å². The van der Waals surface area contributed by atoms with Crippen LogP contribution in [0, 0.1) is 5.41 Å². The van der Waals surface area contributed by atoms with Crippen LogP contribution in [0.5, 0.6) is 0 Å². The summed E-state index contributed by atoms with van der Waals surface area (Å²) in [5.41, 5.74) is 0.133. The molecule has 0 saturated carbocycles. The second-order valence-electron chi connectivity index (χ2n) is 7.34. The Labute approximate surface area is 116 Å². The molecule has 0 amide bonds. The van der Waals surface area contributed by atoms with Crippen LogP contribution in [0.2, 0.25) is 0 Å². The van der Waals surface area contributed by atoms with Crippen molar-refractivity contribution in [2.45, 2.75) is 59.7 Å². The van der Waals surface area contributed by atoms with Gasteiger partial charge in [0.15, 0.2) is 5.90 Å². The fraction of sp³-hybridized carbons (Fsp3) is 0.733. The first kappa shape index (κ1) is 14.1. The summed E-state index contributed by atoms with van der Waals surface area (Å²) in [5.74, 6) is 0.883. The Hall–Kier alpha value is -1.32. The minimum atomic E-state index is 0.0107. The van der Waals surface area contributed by atoms with Crippen molar-refractivity contribution in [3.63, 3.8) is 0 Å². The van der Waals surface area contributed by atoms with Crippen LogP contribution in [0.15, 0.2) is 23.7 Å². The van der Waals surface area contributed by atoms with Gasteiger partial charge in [-0.05, 0) is 20.8 Å². The zero-order valence-electron chi connectivity index (χ0n) is 13.0. The molecule has 0 radical (unpaired) electrons. The zero-order chi connectivity index (χ0) is 14.3. The summed E-state index contributed by atoms with van der Waals surface area (Å²) in [6.45, 7) is 14.6. The van der Waals surface area contributed by atoms with E-state index in [4.69, 9.17) is 9.73 Å². The standard InChI is InChI=1S/C15H26N3O/c1-14(2,3)13-16-12(10-19-13)9-17-7-8-18(11-17)15(4,5)6/h7-8,11-12H,9-10H2,1-6H3/q+1/t12-/m1/s1. The number of ether oxygens (including phenoxy) is 1. The highest BCUT2D eigenvalue weighted by Gasteiger charge is 2.29. The first-order chi connectivity index (χ1) is 8.66. The Kier molecular flexibility index (Phi) is 3.45. The average Bonchev–Trinajstić information content (AvgIpc) is 2.84. The van der Waals surface area contributed by atoms with Gasteiger partial charge in [0.05, 0.1) is 0 Å². The van der Waals surface area contributed by atoms with Gasteiger partial charge in [0.1, 0.15) is 37.1 Å². The summed E-state index contributed by atoms with van der Waals surface area (Å²) in [4.78, 5) is 4.69. The van der Waals surface area contributed by atoms with Gasteiger partial charge in [-0.25, -0.2) is 14.1 Å². The maximum atomic E-state index is 5.71. The molecule has 0 fully saturated rings. The summed E-state index contributed by atoms with van der Waals surface area (Å²) in [6, 6.07) is 0.232. The van der Waals surface area contributed by atoms with Crippen LogP contribution in [0.3, 0.4) is 0 Å². The lowest BCUT2D eigenvalue weighted by Gasteiger charge is -2.16. The van der Waals surface area contributed by atoms with Crippen molar-refractivity contribution in [3.8, 4) is 0 Å². The van der Waals surface area contributed by atoms with Crippen LogP contribution >= 0.6 is 0 Å². The minimum absolute atomic E-state index is 0.0107. The third-order valence-corrected chi connectivity index (χ3v) is 3.24. The molecule has 0 saturated heterocycles. The third kappa shape index (κ3) is 3.37. The maximum Gasteiger partial charge on any atom is 0.244 e. The lowest BCUT2D eigenvalue weighted by Crippen LogP contribution is -2.38. The van der Waals surface area contributed by atoms with E-state index < -0.39 is 0 Å². The lowest BCUT2D eigenvalue weighted by molar-refractivity contribution is -0.698. The summed E-state index contributed by atoms with van der Waals surface area (Å²) in [7, 11) is 0. The third-order valence-electron chi connectivity index (χ3n) is 3.24. The normalized spacial score (nSPS) is 20.3. The summed E-state index contributed by atoms with van der Waals surface area (Å²) in [5, 5.41) is 0. The molecule has 1 aromatic heterocycles. The van der Waals surface area contributed by atoms with Crippen LogP contribution < -0.4 is 4.57 Å². The van der Waals surface area contributed by atoms with Crippen molar-refractivity contribution >= 4 is 5.90 Å². The molecule has 4 heteroatoms. The maximum absolute atomic E-state index is 5.71. The van der Waals surface area contributed by atoms with E-state index in [2.05, 4.69) is 69.4 Å². The molecule has 2 rings (SSSR count). The molecule has 0 unspecified atom stereocenters. The van der Waals surface area contributed by atoms with E-state index in [0.717, 1.165) is 12.4 Å². The molecule has 2 heterocycles. The minimum Gasteiger partial charge on any atom is -0.478 e. The van der Waals surface area contributed by atoms with Gasteiger partial charge in [0.25, 0.3) is 0 Å². The van der Waals surface area contributed by atoms with Crippen LogP contribution in [-0.4, -0.2) is 23.1 Å². The Morgan fingerprint density at radius 1 is 1.32 bits per heavy atom. The molecule has 1 aromatic rings. The number of hydrogen-bond acceptors (Lipinski definition) is 2. The Morgan fingerprint density at radius 3 is 2.47 bits per heavy atom. The number of hydrogen-bond donors (Lipinski definition) is 0. The van der Waals surface area contributed by atoms with Crippen molar-refractivity contribution in [2.75, 3.05) is 6.61 Å². The predicted molar refractivity (Wildman–Crippen MR) is 76.3 cm³/mol. The monoisotopic (exact) mass is 264 g/mol. The molecule has 1 aliphatic heterocycles. The Balaban J connectivity index is 2.04. The highest BCUT2D eigenvalue weighted by Crippen LogP contribution is 2.22. The van der Waals surface area contributed by atoms with Gasteiger partial charge in [-0.3, -0.25) is 0 Å². The predicted octanol–water partition coefficient (Wildman–Crippen LogP) is 2.37. The quantitative estimate of drug-likeness (QED) is 0.754. The van der Waals surface area contributed by atoms with Gasteiger partial charge in [0.2, 0.25) is 6.33 Å². The highest BCUT2D eigenvalue weighted by molar-refractivity contribution is 5.82. The number of aromatic nitrogens is 2. The van der Waals surface area contributed by atoms with Crippen molar-refractivity contribution in [1.82, 2.24) is 4.57 Å². The smallest absolute Gasteiger partial charge is 0.244 e. The molecule has 0 bridgehead atoms. The van der Waals surface area contributed by atoms with Gasteiger partial charge in [-0.1, -0.05) is 20.8 Å². The Bertz CT molecular complexity index is 474. The molecule has 0 spiro atoms. The first-order valence-electron chi connectivity index (χ1n) is 6.95. The van der Waals surface area contributed by atoms with E-state index in [1.165, 1.54) is 0 Å². The van der Waals surface area contributed by atoms with Crippen molar-refractivity contribution < 1.29 is 9.30 Å². The van der Waals surface area contributed by atoms with Gasteiger partial charge in [-0.2, -0.15) is 0 Å². The molecule has 0 aromatic carbocycles. The van der Waals surface area contributed by atoms with Crippen LogP contribution in [0.25, 0.3) is 0 Å². The SMILES string of the molecule is CC(C)(C)C1=N[C@H](C[n+]2ccn(C(C)(C)C)c2)CO1. The number of nitrogens with zero attached hydrogens (tertiary/aromatic N) is 3. The fourth-order valence-corrected chi connectivity index (χ4v) is 2.06. The van der Waals surface area contributed by atoms with E-state index in [1.807, 2.05) is 0 Å². The number of aliphatic imine (C=N–C) groups is 1. The number of imidazole rings is 1. The molecule has 0 aliphatic carbocycles. The molecular weight excluding hydrogens is 238 g/mol. The van der Waals surface area contributed by atoms with E-state index in [0.29, 0.717) is 6.61 Å². The molecule has 1 aliphatic rings. The lowest BCUT2D eigenvalue weighted by atomic mass is 9.97. The van der Waals surface area contributed by atoms with E-state index in [9.17, 15) is 0 Å². The average molecular weight is 264 g/mol. The van der Waals surface area contributed by atoms with Gasteiger partial charge >= 0.3 is 0 Å². The molecular formula is C15H26N3O+. The molecule has 4 nitrogen and oxygen atoms in total.